The van der Waals surface area contributed by atoms with Gasteiger partial charge in [-0.25, -0.2) is 4.79 Å². The molecule has 1 aliphatic heterocycles. The van der Waals surface area contributed by atoms with Crippen molar-refractivity contribution in [3.05, 3.63) is 29.3 Å². The molecule has 5 heteroatoms. The van der Waals surface area contributed by atoms with Gasteiger partial charge >= 0.3 is 6.03 Å². The number of nitrogens with zero attached hydrogens (tertiary/aromatic N) is 3. The molecular formula is C17H24ClN3O. The summed E-state index contributed by atoms with van der Waals surface area (Å²) in [6.07, 6.45) is 3.11. The molecular weight excluding hydrogens is 298 g/mol. The van der Waals surface area contributed by atoms with E-state index in [1.165, 1.54) is 0 Å². The van der Waals surface area contributed by atoms with Crippen molar-refractivity contribution in [3.8, 4) is 0 Å². The van der Waals surface area contributed by atoms with Crippen LogP contribution >= 0.6 is 11.6 Å². The Bertz CT molecular complexity index is 560. The Kier molecular flexibility index (Phi) is 5.12. The Morgan fingerprint density at radius 3 is 2.41 bits per heavy atom. The predicted octanol–water partition coefficient (Wildman–Crippen LogP) is 4.58. The van der Waals surface area contributed by atoms with Gasteiger partial charge < -0.3 is 4.90 Å². The summed E-state index contributed by atoms with van der Waals surface area (Å²) in [5.41, 5.74) is 0.451. The predicted molar refractivity (Wildman–Crippen MR) is 93.0 cm³/mol. The molecule has 0 atom stereocenters. The van der Waals surface area contributed by atoms with Crippen molar-refractivity contribution in [1.29, 1.82) is 0 Å². The van der Waals surface area contributed by atoms with Crippen molar-refractivity contribution in [2.24, 2.45) is 4.99 Å². The van der Waals surface area contributed by atoms with Crippen LogP contribution in [-0.2, 0) is 0 Å². The van der Waals surface area contributed by atoms with Crippen LogP contribution in [0.4, 0.5) is 10.5 Å². The number of hydrogen-bond donors (Lipinski definition) is 0. The zero-order valence-electron chi connectivity index (χ0n) is 13.8. The average molecular weight is 322 g/mol. The minimum atomic E-state index is -0.359. The minimum Gasteiger partial charge on any atom is -0.363 e. The third kappa shape index (κ3) is 4.01. The Balaban J connectivity index is 2.31. The molecule has 2 rings (SSSR count). The van der Waals surface area contributed by atoms with E-state index < -0.39 is 0 Å². The van der Waals surface area contributed by atoms with Crippen molar-refractivity contribution in [2.45, 2.75) is 45.6 Å². The molecule has 22 heavy (non-hydrogen) atoms. The summed E-state index contributed by atoms with van der Waals surface area (Å²) in [5.74, 6) is 0.875. The molecule has 0 N–H and O–H groups in total. The van der Waals surface area contributed by atoms with Gasteiger partial charge in [-0.3, -0.25) is 4.90 Å². The van der Waals surface area contributed by atoms with Gasteiger partial charge in [0.25, 0.3) is 0 Å². The van der Waals surface area contributed by atoms with Gasteiger partial charge in [-0.05, 0) is 57.9 Å². The van der Waals surface area contributed by atoms with Crippen molar-refractivity contribution in [3.63, 3.8) is 0 Å². The first-order valence-corrected chi connectivity index (χ1v) is 8.05. The molecule has 0 radical (unpaired) electrons. The maximum Gasteiger partial charge on any atom is 0.350 e. The van der Waals surface area contributed by atoms with E-state index in [1.807, 2.05) is 40.0 Å². The van der Waals surface area contributed by atoms with E-state index in [9.17, 15) is 4.79 Å². The number of piperidine rings is 1. The second kappa shape index (κ2) is 6.69. The summed E-state index contributed by atoms with van der Waals surface area (Å²) in [6.45, 7) is 6.97. The monoisotopic (exact) mass is 321 g/mol. The lowest BCUT2D eigenvalue weighted by Gasteiger charge is -2.35. The molecule has 4 nitrogen and oxygen atoms in total. The third-order valence-electron chi connectivity index (χ3n) is 3.76. The maximum atomic E-state index is 12.8. The lowest BCUT2D eigenvalue weighted by atomic mass is 10.1. The van der Waals surface area contributed by atoms with E-state index in [0.29, 0.717) is 5.02 Å². The van der Waals surface area contributed by atoms with Crippen LogP contribution in [0.3, 0.4) is 0 Å². The summed E-state index contributed by atoms with van der Waals surface area (Å²) in [4.78, 5) is 20.9. The van der Waals surface area contributed by atoms with Gasteiger partial charge in [0, 0.05) is 36.3 Å². The molecule has 120 valence electrons. The molecule has 0 spiro atoms. The van der Waals surface area contributed by atoms with Crippen LogP contribution < -0.4 is 4.90 Å². The van der Waals surface area contributed by atoms with Crippen LogP contribution in [0.1, 0.15) is 40.0 Å². The first-order chi connectivity index (χ1) is 10.3. The fourth-order valence-corrected chi connectivity index (χ4v) is 2.75. The van der Waals surface area contributed by atoms with Crippen LogP contribution in [0.5, 0.6) is 0 Å². The van der Waals surface area contributed by atoms with E-state index in [2.05, 4.69) is 9.89 Å². The highest BCUT2D eigenvalue weighted by Gasteiger charge is 2.29. The fourth-order valence-electron chi connectivity index (χ4n) is 2.63. The highest BCUT2D eigenvalue weighted by molar-refractivity contribution is 6.30. The fraction of sp³-hybridized carbons (Fsp3) is 0.529. The molecule has 0 saturated carbocycles. The summed E-state index contributed by atoms with van der Waals surface area (Å²) in [7, 11) is 2.00. The Morgan fingerprint density at radius 1 is 1.23 bits per heavy atom. The molecule has 1 aromatic rings. The number of rotatable bonds is 1. The summed E-state index contributed by atoms with van der Waals surface area (Å²) in [6, 6.07) is 7.08. The van der Waals surface area contributed by atoms with Gasteiger partial charge in [0.05, 0.1) is 0 Å². The number of anilines is 1. The van der Waals surface area contributed by atoms with Crippen molar-refractivity contribution in [1.82, 2.24) is 4.90 Å². The van der Waals surface area contributed by atoms with Crippen molar-refractivity contribution < 1.29 is 4.79 Å². The topological polar surface area (TPSA) is 35.9 Å². The van der Waals surface area contributed by atoms with Gasteiger partial charge in [0.1, 0.15) is 5.84 Å². The molecule has 0 aromatic heterocycles. The largest absolute Gasteiger partial charge is 0.363 e. The summed E-state index contributed by atoms with van der Waals surface area (Å²) < 4.78 is 0. The first-order valence-electron chi connectivity index (χ1n) is 7.67. The average Bonchev–Trinajstić information content (AvgIpc) is 2.42. The number of carbonyl (C=O) groups is 1. The number of hydrogen-bond acceptors (Lipinski definition) is 1. The number of carbonyl (C=O) groups excluding carboxylic acids is 1. The number of likely N-dealkylation sites (tertiary alicyclic amines) is 1. The van der Waals surface area contributed by atoms with Gasteiger partial charge in [-0.1, -0.05) is 11.6 Å². The Hall–Kier alpha value is -1.55. The number of aliphatic imine (C=N–C) groups is 1. The number of urea groups is 1. The van der Waals surface area contributed by atoms with E-state index in [4.69, 9.17) is 11.6 Å². The van der Waals surface area contributed by atoms with Gasteiger partial charge in [0.2, 0.25) is 0 Å². The zero-order valence-corrected chi connectivity index (χ0v) is 14.5. The molecule has 2 amide bonds. The van der Waals surface area contributed by atoms with Crippen molar-refractivity contribution in [2.75, 3.05) is 18.5 Å². The lowest BCUT2D eigenvalue weighted by Crippen LogP contribution is -2.45. The van der Waals surface area contributed by atoms with Crippen LogP contribution in [0.15, 0.2) is 29.3 Å². The molecule has 0 unspecified atom stereocenters. The summed E-state index contributed by atoms with van der Waals surface area (Å²) >= 11 is 5.95. The number of amidine groups is 1. The molecule has 1 aliphatic rings. The Morgan fingerprint density at radius 2 is 1.86 bits per heavy atom. The highest BCUT2D eigenvalue weighted by atomic mass is 35.5. The maximum absolute atomic E-state index is 12.8. The molecule has 1 heterocycles. The van der Waals surface area contributed by atoms with E-state index in [1.54, 1.807) is 17.0 Å². The zero-order chi connectivity index (χ0) is 16.3. The molecule has 1 fully saturated rings. The Labute approximate surface area is 137 Å². The second-order valence-corrected chi connectivity index (χ2v) is 7.11. The molecule has 1 aromatic carbocycles. The summed E-state index contributed by atoms with van der Waals surface area (Å²) in [5, 5.41) is 0.656. The van der Waals surface area contributed by atoms with E-state index in [-0.39, 0.29) is 11.6 Å². The smallest absolute Gasteiger partial charge is 0.350 e. The first kappa shape index (κ1) is 16.8. The quantitative estimate of drug-likeness (QED) is 0.759. The van der Waals surface area contributed by atoms with Gasteiger partial charge in [0.15, 0.2) is 0 Å². The number of benzene rings is 1. The van der Waals surface area contributed by atoms with Crippen LogP contribution in [0.25, 0.3) is 0 Å². The molecule has 0 bridgehead atoms. The number of amides is 2. The van der Waals surface area contributed by atoms with Gasteiger partial charge in [-0.2, -0.15) is 4.99 Å². The standard InChI is InChI=1S/C17H24ClN3O/c1-17(2,3)21(14-10-8-13(18)9-11-14)16(22)19-15-7-5-6-12-20(15)4/h8-11H,5-7,12H2,1-4H3. The third-order valence-corrected chi connectivity index (χ3v) is 4.01. The normalized spacial score (nSPS) is 17.7. The number of halogens is 1. The second-order valence-electron chi connectivity index (χ2n) is 6.67. The van der Waals surface area contributed by atoms with Crippen LogP contribution in [0, 0.1) is 0 Å². The minimum absolute atomic E-state index is 0.224. The SMILES string of the molecule is CN1CCCCC1=NC(=O)N(c1ccc(Cl)cc1)C(C)(C)C. The van der Waals surface area contributed by atoms with Gasteiger partial charge in [-0.15, -0.1) is 0 Å². The van der Waals surface area contributed by atoms with E-state index in [0.717, 1.165) is 37.3 Å². The molecule has 1 saturated heterocycles. The lowest BCUT2D eigenvalue weighted by molar-refractivity contribution is 0.248. The van der Waals surface area contributed by atoms with Crippen LogP contribution in [0.2, 0.25) is 5.02 Å². The van der Waals surface area contributed by atoms with Crippen LogP contribution in [-0.4, -0.2) is 35.9 Å². The van der Waals surface area contributed by atoms with E-state index >= 15 is 0 Å². The highest BCUT2D eigenvalue weighted by Crippen LogP contribution is 2.26. The van der Waals surface area contributed by atoms with Crippen molar-refractivity contribution >= 4 is 29.2 Å². The molecule has 0 aliphatic carbocycles.